The van der Waals surface area contributed by atoms with E-state index in [2.05, 4.69) is 43.5 Å². The monoisotopic (exact) mass is 970 g/mol. The average molecular weight is 971 g/mol. The van der Waals surface area contributed by atoms with E-state index in [0.717, 1.165) is 51.4 Å². The van der Waals surface area contributed by atoms with Crippen LogP contribution in [0.25, 0.3) is 0 Å². The normalized spacial score (nSPS) is 12.8. The first-order valence-electron chi connectivity index (χ1n) is 30.8. The number of aliphatic hydroxyl groups excluding tert-OH is 2. The summed E-state index contributed by atoms with van der Waals surface area (Å²) in [5, 5.41) is 23.2. The van der Waals surface area contributed by atoms with Gasteiger partial charge in [-0.15, -0.1) is 0 Å². The van der Waals surface area contributed by atoms with Gasteiger partial charge in [0, 0.05) is 12.8 Å². The summed E-state index contributed by atoms with van der Waals surface area (Å²) in [4.78, 5) is 24.5. The van der Waals surface area contributed by atoms with Crippen LogP contribution in [0, 0.1) is 0 Å². The fraction of sp³-hybridized carbons (Fsp3) is 0.873. The maximum Gasteiger partial charge on any atom is 0.305 e. The lowest BCUT2D eigenvalue weighted by Gasteiger charge is -2.20. The summed E-state index contributed by atoms with van der Waals surface area (Å²) in [5.74, 6) is -0.0724. The average Bonchev–Trinajstić information content (AvgIpc) is 3.35. The van der Waals surface area contributed by atoms with Gasteiger partial charge in [0.25, 0.3) is 0 Å². The molecule has 0 aromatic rings. The second-order valence-corrected chi connectivity index (χ2v) is 21.0. The summed E-state index contributed by atoms with van der Waals surface area (Å²) < 4.78 is 5.48. The minimum Gasteiger partial charge on any atom is -0.466 e. The fourth-order valence-electron chi connectivity index (χ4n) is 9.43. The van der Waals surface area contributed by atoms with Gasteiger partial charge in [0.15, 0.2) is 0 Å². The summed E-state index contributed by atoms with van der Waals surface area (Å²) in [5.41, 5.74) is 0. The van der Waals surface area contributed by atoms with Crippen molar-refractivity contribution in [1.29, 1.82) is 0 Å². The third-order valence-corrected chi connectivity index (χ3v) is 14.2. The van der Waals surface area contributed by atoms with Crippen LogP contribution in [-0.4, -0.2) is 47.4 Å². The lowest BCUT2D eigenvalue weighted by Crippen LogP contribution is -2.45. The van der Waals surface area contributed by atoms with Gasteiger partial charge in [0.2, 0.25) is 5.91 Å². The number of esters is 1. The van der Waals surface area contributed by atoms with Crippen LogP contribution in [0.1, 0.15) is 328 Å². The van der Waals surface area contributed by atoms with E-state index >= 15 is 0 Å². The number of unbranched alkanes of at least 4 members (excludes halogenated alkanes) is 42. The minimum atomic E-state index is -0.846. The van der Waals surface area contributed by atoms with Crippen molar-refractivity contribution in [1.82, 2.24) is 5.32 Å². The molecular weight excluding hydrogens is 851 g/mol. The van der Waals surface area contributed by atoms with Crippen molar-refractivity contribution in [3.8, 4) is 0 Å². The number of ether oxygens (including phenoxy) is 1. The smallest absolute Gasteiger partial charge is 0.305 e. The fourth-order valence-corrected chi connectivity index (χ4v) is 9.43. The molecule has 0 rings (SSSR count). The summed E-state index contributed by atoms with van der Waals surface area (Å²) in [6.45, 7) is 4.88. The molecule has 2 atom stereocenters. The Hall–Kier alpha value is -1.92. The zero-order valence-corrected chi connectivity index (χ0v) is 46.3. The van der Waals surface area contributed by atoms with Crippen molar-refractivity contribution < 1.29 is 24.5 Å². The van der Waals surface area contributed by atoms with Crippen LogP contribution in [0.4, 0.5) is 0 Å². The Labute approximate surface area is 430 Å². The van der Waals surface area contributed by atoms with E-state index in [0.29, 0.717) is 19.4 Å². The summed E-state index contributed by atoms with van der Waals surface area (Å²) >= 11 is 0. The highest BCUT2D eigenvalue weighted by Crippen LogP contribution is 2.17. The van der Waals surface area contributed by atoms with Crippen molar-refractivity contribution >= 4 is 11.9 Å². The van der Waals surface area contributed by atoms with E-state index in [1.165, 1.54) is 250 Å². The molecule has 0 aromatic carbocycles. The van der Waals surface area contributed by atoms with E-state index in [1.807, 2.05) is 6.08 Å². The van der Waals surface area contributed by atoms with Gasteiger partial charge in [-0.05, 0) is 64.2 Å². The number of rotatable bonds is 57. The van der Waals surface area contributed by atoms with Crippen LogP contribution in [0.2, 0.25) is 0 Å². The molecule has 0 aliphatic heterocycles. The van der Waals surface area contributed by atoms with E-state index < -0.39 is 12.1 Å². The molecule has 2 unspecified atom stereocenters. The van der Waals surface area contributed by atoms with Crippen LogP contribution in [-0.2, 0) is 14.3 Å². The largest absolute Gasteiger partial charge is 0.466 e. The van der Waals surface area contributed by atoms with Crippen LogP contribution in [0.15, 0.2) is 36.5 Å². The first-order valence-corrected chi connectivity index (χ1v) is 30.8. The maximum atomic E-state index is 12.5. The van der Waals surface area contributed by atoms with Gasteiger partial charge >= 0.3 is 5.97 Å². The summed E-state index contributed by atoms with van der Waals surface area (Å²) in [6, 6.07) is -0.630. The van der Waals surface area contributed by atoms with Crippen molar-refractivity contribution in [2.75, 3.05) is 13.2 Å². The topological polar surface area (TPSA) is 95.9 Å². The number of carbonyl (C=O) groups is 2. The van der Waals surface area contributed by atoms with Gasteiger partial charge in [-0.3, -0.25) is 9.59 Å². The molecule has 69 heavy (non-hydrogen) atoms. The number of nitrogens with one attached hydrogen (secondary N) is 1. The third kappa shape index (κ3) is 55.2. The van der Waals surface area contributed by atoms with E-state index in [9.17, 15) is 19.8 Å². The lowest BCUT2D eigenvalue weighted by molar-refractivity contribution is -0.143. The van der Waals surface area contributed by atoms with Gasteiger partial charge in [-0.2, -0.15) is 0 Å². The van der Waals surface area contributed by atoms with E-state index in [-0.39, 0.29) is 18.5 Å². The van der Waals surface area contributed by atoms with Crippen molar-refractivity contribution in [2.24, 2.45) is 0 Å². The first kappa shape index (κ1) is 67.1. The Morgan fingerprint density at radius 3 is 1.13 bits per heavy atom. The molecule has 0 saturated carbocycles. The molecular formula is C63H119NO5. The molecule has 0 fully saturated rings. The summed E-state index contributed by atoms with van der Waals surface area (Å²) in [6.07, 6.45) is 73.2. The molecule has 0 heterocycles. The number of aliphatic hydroxyl groups is 2. The molecule has 0 aliphatic carbocycles. The quantitative estimate of drug-likeness (QED) is 0.0321. The lowest BCUT2D eigenvalue weighted by atomic mass is 10.0. The predicted octanol–water partition coefficient (Wildman–Crippen LogP) is 19.2. The highest BCUT2D eigenvalue weighted by Gasteiger charge is 2.18. The highest BCUT2D eigenvalue weighted by atomic mass is 16.5. The standard InChI is InChI=1S/C63H119NO5/c1-3-5-7-9-11-13-15-17-19-24-28-31-35-39-43-47-51-55-61(66)60(59-65)64-62(67)56-52-48-44-40-36-32-29-25-22-20-21-23-26-30-34-38-42-46-50-54-58-69-63(68)57-53-49-45-41-37-33-27-18-16-14-12-10-8-6-4-2/h12,14,18,27,51,55,60-61,65-66H,3-11,13,15-17,19-26,28-50,52-54,56-59H2,1-2H3,(H,64,67)/b14-12-,27-18-,55-51+. The van der Waals surface area contributed by atoms with Crippen LogP contribution in [0.5, 0.6) is 0 Å². The Kier molecular flexibility index (Phi) is 57.0. The van der Waals surface area contributed by atoms with E-state index in [1.54, 1.807) is 6.08 Å². The number of allylic oxidation sites excluding steroid dienone is 5. The Morgan fingerprint density at radius 1 is 0.406 bits per heavy atom. The van der Waals surface area contributed by atoms with Gasteiger partial charge in [-0.25, -0.2) is 0 Å². The third-order valence-electron chi connectivity index (χ3n) is 14.2. The second kappa shape index (κ2) is 58.6. The number of carbonyl (C=O) groups excluding carboxylic acids is 2. The molecule has 0 spiro atoms. The number of hydrogen-bond acceptors (Lipinski definition) is 5. The SMILES string of the molecule is CCCCC/C=C\C/C=C\CCCCCCCC(=O)OCCCCCCCCCCCCCCCCCCCCCCC(=O)NC(CO)C(O)/C=C/CCCCCCCCCCCCCCCCC. The first-order chi connectivity index (χ1) is 34.0. The molecule has 406 valence electrons. The molecule has 0 bridgehead atoms. The van der Waals surface area contributed by atoms with Gasteiger partial charge in [0.1, 0.15) is 0 Å². The molecule has 6 nitrogen and oxygen atoms in total. The van der Waals surface area contributed by atoms with Gasteiger partial charge < -0.3 is 20.3 Å². The second-order valence-electron chi connectivity index (χ2n) is 21.0. The Bertz CT molecular complexity index is 1120. The molecule has 0 aromatic heterocycles. The van der Waals surface area contributed by atoms with E-state index in [4.69, 9.17) is 4.74 Å². The Morgan fingerprint density at radius 2 is 0.725 bits per heavy atom. The zero-order chi connectivity index (χ0) is 50.0. The highest BCUT2D eigenvalue weighted by molar-refractivity contribution is 5.76. The molecule has 0 saturated heterocycles. The summed E-state index contributed by atoms with van der Waals surface area (Å²) in [7, 11) is 0. The number of hydrogen-bond donors (Lipinski definition) is 3. The van der Waals surface area contributed by atoms with Crippen LogP contribution >= 0.6 is 0 Å². The molecule has 6 heteroatoms. The predicted molar refractivity (Wildman–Crippen MR) is 301 cm³/mol. The van der Waals surface area contributed by atoms with Crippen molar-refractivity contribution in [2.45, 2.75) is 341 Å². The van der Waals surface area contributed by atoms with Crippen molar-refractivity contribution in [3.63, 3.8) is 0 Å². The van der Waals surface area contributed by atoms with Gasteiger partial charge in [0.05, 0.1) is 25.4 Å². The molecule has 0 radical (unpaired) electrons. The van der Waals surface area contributed by atoms with Crippen molar-refractivity contribution in [3.05, 3.63) is 36.5 Å². The molecule has 3 N–H and O–H groups in total. The van der Waals surface area contributed by atoms with Gasteiger partial charge in [-0.1, -0.05) is 288 Å². The van der Waals surface area contributed by atoms with Crippen LogP contribution < -0.4 is 5.32 Å². The maximum absolute atomic E-state index is 12.5. The Balaban J connectivity index is 3.43. The molecule has 0 aliphatic rings. The zero-order valence-electron chi connectivity index (χ0n) is 46.3. The van der Waals surface area contributed by atoms with Crippen LogP contribution in [0.3, 0.4) is 0 Å². The molecule has 1 amide bonds. The minimum absolute atomic E-state index is 0.00401. The number of amides is 1.